The molecule has 36 heavy (non-hydrogen) atoms. The lowest BCUT2D eigenvalue weighted by Gasteiger charge is -2.30. The van der Waals surface area contributed by atoms with Gasteiger partial charge < -0.3 is 25.2 Å². The number of anilines is 1. The summed E-state index contributed by atoms with van der Waals surface area (Å²) in [5.74, 6) is -0.955. The molecule has 4 N–H and O–H groups in total. The molecule has 0 aliphatic carbocycles. The average Bonchev–Trinajstić information content (AvgIpc) is 3.27. The highest BCUT2D eigenvalue weighted by Crippen LogP contribution is 2.18. The molecule has 0 saturated carbocycles. The van der Waals surface area contributed by atoms with E-state index >= 15 is 0 Å². The van der Waals surface area contributed by atoms with Crippen LogP contribution in [0.15, 0.2) is 35.7 Å². The first-order chi connectivity index (χ1) is 17.0. The quantitative estimate of drug-likeness (QED) is 0.243. The van der Waals surface area contributed by atoms with Gasteiger partial charge in [-0.2, -0.15) is 0 Å². The molecule has 2 aromatic rings. The molecule has 0 radical (unpaired) electrons. The molecule has 0 aliphatic rings. The van der Waals surface area contributed by atoms with E-state index in [0.717, 1.165) is 23.2 Å². The number of benzene rings is 1. The summed E-state index contributed by atoms with van der Waals surface area (Å²) in [6, 6.07) is 8.24. The molecular weight excluding hydrogens is 508 g/mol. The lowest BCUT2D eigenvalue weighted by Crippen LogP contribution is -2.55. The van der Waals surface area contributed by atoms with Crippen molar-refractivity contribution in [2.45, 2.75) is 38.5 Å². The van der Waals surface area contributed by atoms with E-state index < -0.39 is 40.1 Å². The Bertz CT molecular complexity index is 1080. The summed E-state index contributed by atoms with van der Waals surface area (Å²) in [7, 11) is -2.06. The van der Waals surface area contributed by atoms with Crippen LogP contribution in [0.4, 0.5) is 5.13 Å². The number of aliphatic hydroxyl groups excluding tert-OH is 1. The number of hydrogen-bond donors (Lipinski definition) is 4. The molecule has 0 saturated heterocycles. The highest BCUT2D eigenvalue weighted by Gasteiger charge is 2.35. The van der Waals surface area contributed by atoms with Crippen LogP contribution in [0.25, 0.3) is 0 Å². The van der Waals surface area contributed by atoms with E-state index in [1.165, 1.54) is 12.5 Å². The van der Waals surface area contributed by atoms with Gasteiger partial charge in [0, 0.05) is 19.0 Å². The van der Waals surface area contributed by atoms with Crippen molar-refractivity contribution >= 4 is 38.3 Å². The number of sulfonamides is 1. The summed E-state index contributed by atoms with van der Waals surface area (Å²) in [4.78, 5) is 29.9. The molecule has 0 aliphatic heterocycles. The normalized spacial score (nSPS) is 14.2. The monoisotopic (exact) mass is 542 g/mol. The van der Waals surface area contributed by atoms with Crippen LogP contribution in [0.3, 0.4) is 0 Å². The van der Waals surface area contributed by atoms with Crippen molar-refractivity contribution < 1.29 is 32.6 Å². The third-order valence-corrected chi connectivity index (χ3v) is 6.33. The summed E-state index contributed by atoms with van der Waals surface area (Å²) in [5, 5.41) is 18.2. The molecule has 13 heteroatoms. The molecular formula is C23H34N4O7S2. The molecule has 2 amide bonds. The molecule has 0 spiro atoms. The molecule has 11 nitrogen and oxygen atoms in total. The van der Waals surface area contributed by atoms with Crippen molar-refractivity contribution in [2.24, 2.45) is 5.92 Å². The van der Waals surface area contributed by atoms with Crippen LogP contribution in [0.5, 0.6) is 0 Å². The lowest BCUT2D eigenvalue weighted by atomic mass is 9.96. The summed E-state index contributed by atoms with van der Waals surface area (Å²) in [6.45, 7) is 4.55. The van der Waals surface area contributed by atoms with Crippen LogP contribution in [0.2, 0.25) is 0 Å². The van der Waals surface area contributed by atoms with E-state index in [1.54, 1.807) is 0 Å². The second-order valence-corrected chi connectivity index (χ2v) is 11.2. The molecule has 2 rings (SSSR count). The number of nitrogens with zero attached hydrogens (tertiary/aromatic N) is 1. The highest BCUT2D eigenvalue weighted by atomic mass is 32.2. The summed E-state index contributed by atoms with van der Waals surface area (Å²) < 4.78 is 35.8. The molecule has 0 fully saturated rings. The van der Waals surface area contributed by atoms with E-state index in [-0.39, 0.29) is 36.4 Å². The van der Waals surface area contributed by atoms with E-state index in [2.05, 4.69) is 20.3 Å². The van der Waals surface area contributed by atoms with Gasteiger partial charge >= 0.3 is 0 Å². The number of aliphatic hydroxyl groups is 1. The average molecular weight is 543 g/mol. The van der Waals surface area contributed by atoms with Gasteiger partial charge in [0.25, 0.3) is 11.8 Å². The van der Waals surface area contributed by atoms with Gasteiger partial charge in [0.1, 0.15) is 11.8 Å². The van der Waals surface area contributed by atoms with Gasteiger partial charge in [0.2, 0.25) is 10.0 Å². The predicted octanol–water partition coefficient (Wildman–Crippen LogP) is 1.02. The maximum atomic E-state index is 13.0. The number of amides is 2. The number of ether oxygens (including phenoxy) is 2. The molecule has 3 atom stereocenters. The molecule has 1 heterocycles. The van der Waals surface area contributed by atoms with Crippen LogP contribution in [0.1, 0.15) is 29.9 Å². The maximum absolute atomic E-state index is 13.0. The van der Waals surface area contributed by atoms with E-state index in [0.29, 0.717) is 6.54 Å². The molecule has 200 valence electrons. The van der Waals surface area contributed by atoms with Crippen molar-refractivity contribution in [1.82, 2.24) is 15.6 Å². The van der Waals surface area contributed by atoms with Gasteiger partial charge in [-0.05, 0) is 17.9 Å². The minimum Gasteiger partial charge on any atom is -0.388 e. The zero-order valence-electron chi connectivity index (χ0n) is 20.8. The standard InChI is InChI=1S/C23H34N4O7S2/c1-15(2)13-24-22(30)20(34-11-10-33-3)19(28)17(12-16-8-6-5-7-9-16)25-21(29)18-14-35-23(26-18)27-36(4,31)32/h5-9,14-15,17,19-20,28H,10-13H2,1-4H3,(H,24,30)(H,25,29)(H,26,27). The Balaban J connectivity index is 2.27. The van der Waals surface area contributed by atoms with Gasteiger partial charge in [-0.1, -0.05) is 44.2 Å². The van der Waals surface area contributed by atoms with Crippen LogP contribution >= 0.6 is 11.3 Å². The number of carbonyl (C=O) groups is 2. The second kappa shape index (κ2) is 14.2. The van der Waals surface area contributed by atoms with E-state index in [9.17, 15) is 23.1 Å². The first-order valence-electron chi connectivity index (χ1n) is 11.3. The van der Waals surface area contributed by atoms with Crippen LogP contribution in [-0.4, -0.2) is 81.7 Å². The van der Waals surface area contributed by atoms with Crippen LogP contribution < -0.4 is 15.4 Å². The third kappa shape index (κ3) is 10.2. The second-order valence-electron chi connectivity index (χ2n) is 8.60. The van der Waals surface area contributed by atoms with Crippen molar-refractivity contribution in [1.29, 1.82) is 0 Å². The minimum absolute atomic E-state index is 0.0301. The van der Waals surface area contributed by atoms with Crippen molar-refractivity contribution in [3.8, 4) is 0 Å². The van der Waals surface area contributed by atoms with Crippen LogP contribution in [0, 0.1) is 5.92 Å². The number of methoxy groups -OCH3 is 1. The van der Waals surface area contributed by atoms with Crippen molar-refractivity contribution in [3.05, 3.63) is 47.0 Å². The van der Waals surface area contributed by atoms with Crippen molar-refractivity contribution in [2.75, 3.05) is 37.8 Å². The Morgan fingerprint density at radius 1 is 1.17 bits per heavy atom. The number of aromatic nitrogens is 1. The smallest absolute Gasteiger partial charge is 0.271 e. The Kier molecular flexibility index (Phi) is 11.7. The van der Waals surface area contributed by atoms with Crippen molar-refractivity contribution in [3.63, 3.8) is 0 Å². The van der Waals surface area contributed by atoms with Gasteiger partial charge in [0.05, 0.1) is 25.5 Å². The molecule has 0 bridgehead atoms. The zero-order valence-corrected chi connectivity index (χ0v) is 22.4. The van der Waals surface area contributed by atoms with Gasteiger partial charge in [-0.3, -0.25) is 14.3 Å². The molecule has 3 unspecified atom stereocenters. The van der Waals surface area contributed by atoms with Gasteiger partial charge in [-0.25, -0.2) is 13.4 Å². The zero-order chi connectivity index (χ0) is 26.7. The van der Waals surface area contributed by atoms with Crippen LogP contribution in [-0.2, 0) is 30.7 Å². The Morgan fingerprint density at radius 2 is 1.86 bits per heavy atom. The Labute approximate surface area is 215 Å². The van der Waals surface area contributed by atoms with Gasteiger partial charge in [0.15, 0.2) is 11.2 Å². The minimum atomic E-state index is -3.56. The number of rotatable bonds is 15. The first kappa shape index (κ1) is 29.6. The number of hydrogen-bond acceptors (Lipinski definition) is 9. The SMILES string of the molecule is COCCOC(C(=O)NCC(C)C)C(O)C(Cc1ccccc1)NC(=O)c1csc(NS(C)(=O)=O)n1. The molecule has 1 aromatic heterocycles. The third-order valence-electron chi connectivity index (χ3n) is 4.87. The number of nitrogens with one attached hydrogen (secondary N) is 3. The van der Waals surface area contributed by atoms with E-state index in [1.807, 2.05) is 44.2 Å². The fourth-order valence-electron chi connectivity index (χ4n) is 3.16. The topological polar surface area (TPSA) is 156 Å². The lowest BCUT2D eigenvalue weighted by molar-refractivity contribution is -0.143. The fourth-order valence-corrected chi connectivity index (χ4v) is 4.70. The first-order valence-corrected chi connectivity index (χ1v) is 14.1. The molecule has 1 aromatic carbocycles. The van der Waals surface area contributed by atoms with E-state index in [4.69, 9.17) is 9.47 Å². The highest BCUT2D eigenvalue weighted by molar-refractivity contribution is 7.92. The predicted molar refractivity (Wildman–Crippen MR) is 137 cm³/mol. The maximum Gasteiger partial charge on any atom is 0.271 e. The Morgan fingerprint density at radius 3 is 2.47 bits per heavy atom. The summed E-state index contributed by atoms with van der Waals surface area (Å²) in [6.07, 6.45) is -1.50. The summed E-state index contributed by atoms with van der Waals surface area (Å²) in [5.41, 5.74) is 0.787. The summed E-state index contributed by atoms with van der Waals surface area (Å²) >= 11 is 0.951. The van der Waals surface area contributed by atoms with Gasteiger partial charge in [-0.15, -0.1) is 11.3 Å². The Hall–Kier alpha value is -2.58. The number of thiazole rings is 1. The largest absolute Gasteiger partial charge is 0.388 e. The fraction of sp³-hybridized carbons (Fsp3) is 0.522. The number of carbonyl (C=O) groups excluding carboxylic acids is 2.